The van der Waals surface area contributed by atoms with Crippen LogP contribution in [0.1, 0.15) is 45.0 Å². The second kappa shape index (κ2) is 6.93. The number of carboxylic acid groups (broad SMARTS) is 1. The Bertz CT molecular complexity index is 527. The fourth-order valence-electron chi connectivity index (χ4n) is 1.98. The molecule has 0 bridgehead atoms. The van der Waals surface area contributed by atoms with Crippen LogP contribution in [0.25, 0.3) is 0 Å². The van der Waals surface area contributed by atoms with Crippen molar-refractivity contribution in [2.45, 2.75) is 56.8 Å². The van der Waals surface area contributed by atoms with E-state index in [1.54, 1.807) is 11.5 Å². The average Bonchev–Trinajstić information content (AvgIpc) is 3.15. The average molecular weight is 312 g/mol. The highest BCUT2D eigenvalue weighted by molar-refractivity contribution is 7.99. The van der Waals surface area contributed by atoms with Gasteiger partial charge in [-0.05, 0) is 26.2 Å². The number of amides is 1. The van der Waals surface area contributed by atoms with Gasteiger partial charge in [0.1, 0.15) is 11.9 Å². The molecule has 116 valence electrons. The van der Waals surface area contributed by atoms with Crippen molar-refractivity contribution in [1.29, 1.82) is 0 Å². The summed E-state index contributed by atoms with van der Waals surface area (Å²) in [5.74, 6) is -0.348. The number of nitrogens with zero attached hydrogens (tertiary/aromatic N) is 3. The van der Waals surface area contributed by atoms with E-state index in [0.29, 0.717) is 17.6 Å². The van der Waals surface area contributed by atoms with Crippen LogP contribution in [0.5, 0.6) is 0 Å². The van der Waals surface area contributed by atoms with Crippen LogP contribution < -0.4 is 5.32 Å². The summed E-state index contributed by atoms with van der Waals surface area (Å²) in [7, 11) is 0. The number of carbonyl (C=O) groups is 2. The van der Waals surface area contributed by atoms with Crippen LogP contribution in [0.3, 0.4) is 0 Å². The molecule has 21 heavy (non-hydrogen) atoms. The molecule has 1 amide bonds. The third-order valence-electron chi connectivity index (χ3n) is 3.22. The van der Waals surface area contributed by atoms with Gasteiger partial charge in [-0.3, -0.25) is 14.2 Å². The molecule has 0 aliphatic heterocycles. The van der Waals surface area contributed by atoms with Gasteiger partial charge < -0.3 is 10.4 Å². The largest absolute Gasteiger partial charge is 0.481 e. The van der Waals surface area contributed by atoms with Gasteiger partial charge in [0.15, 0.2) is 5.16 Å². The maximum Gasteiger partial charge on any atom is 0.313 e. The topological polar surface area (TPSA) is 97.1 Å². The van der Waals surface area contributed by atoms with Crippen LogP contribution in [-0.4, -0.2) is 43.5 Å². The molecule has 2 N–H and O–H groups in total. The van der Waals surface area contributed by atoms with Crippen LogP contribution in [0.15, 0.2) is 5.16 Å². The second-order valence-corrected chi connectivity index (χ2v) is 6.10. The van der Waals surface area contributed by atoms with E-state index in [9.17, 15) is 9.59 Å². The van der Waals surface area contributed by atoms with Crippen LogP contribution in [0.2, 0.25) is 0 Å². The lowest BCUT2D eigenvalue weighted by Gasteiger charge is -2.17. The van der Waals surface area contributed by atoms with Crippen molar-refractivity contribution in [2.24, 2.45) is 0 Å². The van der Waals surface area contributed by atoms with Crippen LogP contribution in [-0.2, 0) is 16.0 Å². The molecule has 1 saturated carbocycles. The number of aromatic nitrogens is 3. The van der Waals surface area contributed by atoms with Crippen molar-refractivity contribution >= 4 is 23.6 Å². The highest BCUT2D eigenvalue weighted by Crippen LogP contribution is 2.24. The Morgan fingerprint density at radius 3 is 2.76 bits per heavy atom. The Morgan fingerprint density at radius 1 is 1.48 bits per heavy atom. The van der Waals surface area contributed by atoms with Crippen LogP contribution >= 0.6 is 11.8 Å². The van der Waals surface area contributed by atoms with Gasteiger partial charge in [-0.25, -0.2) is 0 Å². The van der Waals surface area contributed by atoms with Gasteiger partial charge in [0, 0.05) is 12.5 Å². The minimum atomic E-state index is -0.915. The summed E-state index contributed by atoms with van der Waals surface area (Å²) >= 11 is 1.09. The molecule has 1 aromatic rings. The molecule has 1 fully saturated rings. The Balaban J connectivity index is 2.17. The quantitative estimate of drug-likeness (QED) is 0.701. The Hall–Kier alpha value is -1.57. The summed E-state index contributed by atoms with van der Waals surface area (Å²) in [5.41, 5.74) is 0. The lowest BCUT2D eigenvalue weighted by Crippen LogP contribution is -2.33. The summed E-state index contributed by atoms with van der Waals surface area (Å²) in [6.45, 7) is 3.82. The number of aryl methyl sites for hydroxylation is 1. The van der Waals surface area contributed by atoms with Crippen LogP contribution in [0.4, 0.5) is 0 Å². The number of carbonyl (C=O) groups excluding carboxylic acids is 1. The Kier molecular flexibility index (Phi) is 5.22. The molecular formula is C13H20N4O3S. The van der Waals surface area contributed by atoms with E-state index in [4.69, 9.17) is 5.11 Å². The molecule has 0 spiro atoms. The first-order valence-electron chi connectivity index (χ1n) is 7.11. The van der Waals surface area contributed by atoms with E-state index in [2.05, 4.69) is 15.5 Å². The second-order valence-electron chi connectivity index (χ2n) is 5.16. The van der Waals surface area contributed by atoms with Crippen molar-refractivity contribution in [3.8, 4) is 0 Å². The Labute approximate surface area is 127 Å². The highest BCUT2D eigenvalue weighted by atomic mass is 32.2. The molecule has 2 rings (SSSR count). The third-order valence-corrected chi connectivity index (χ3v) is 4.15. The van der Waals surface area contributed by atoms with E-state index in [0.717, 1.165) is 36.8 Å². The molecule has 1 unspecified atom stereocenters. The lowest BCUT2D eigenvalue weighted by molar-refractivity contribution is -0.134. The number of hydrogen-bond acceptors (Lipinski definition) is 5. The number of rotatable bonds is 8. The summed E-state index contributed by atoms with van der Waals surface area (Å²) in [5, 5.41) is 20.4. The van der Waals surface area contributed by atoms with Gasteiger partial charge >= 0.3 is 5.97 Å². The number of thioether (sulfide) groups is 1. The molecule has 0 saturated heterocycles. The molecule has 7 nitrogen and oxygen atoms in total. The minimum absolute atomic E-state index is 0.0631. The molecule has 1 aliphatic carbocycles. The molecule has 8 heteroatoms. The smallest absolute Gasteiger partial charge is 0.313 e. The predicted molar refractivity (Wildman–Crippen MR) is 78.3 cm³/mol. The summed E-state index contributed by atoms with van der Waals surface area (Å²) in [6, 6.07) is -0.139. The fourth-order valence-corrected chi connectivity index (χ4v) is 2.74. The van der Waals surface area contributed by atoms with Crippen LogP contribution in [0, 0.1) is 0 Å². The van der Waals surface area contributed by atoms with Gasteiger partial charge in [-0.1, -0.05) is 18.7 Å². The normalized spacial score (nSPS) is 15.7. The Morgan fingerprint density at radius 2 is 2.19 bits per heavy atom. The molecular weight excluding hydrogens is 292 g/mol. The van der Waals surface area contributed by atoms with Crippen molar-refractivity contribution in [1.82, 2.24) is 20.1 Å². The number of carboxylic acids is 1. The zero-order valence-electron chi connectivity index (χ0n) is 12.2. The van der Waals surface area contributed by atoms with E-state index in [1.165, 1.54) is 0 Å². The summed E-state index contributed by atoms with van der Waals surface area (Å²) in [6.07, 6.45) is 3.66. The maximum absolute atomic E-state index is 12.2. The van der Waals surface area contributed by atoms with Gasteiger partial charge in [-0.15, -0.1) is 10.2 Å². The standard InChI is InChI=1S/C13H20N4O3S/c1-3-4-10-15-16-13(21-7-11(18)19)17(10)8(2)12(20)14-9-5-6-9/h8-9H,3-7H2,1-2H3,(H,14,20)(H,18,19). The zero-order chi connectivity index (χ0) is 15.4. The SMILES string of the molecule is CCCc1nnc(SCC(=O)O)n1C(C)C(=O)NC1CC1. The van der Waals surface area contributed by atoms with Crippen molar-refractivity contribution in [3.63, 3.8) is 0 Å². The number of nitrogens with one attached hydrogen (secondary N) is 1. The van der Waals surface area contributed by atoms with E-state index >= 15 is 0 Å². The van der Waals surface area contributed by atoms with Crippen molar-refractivity contribution in [2.75, 3.05) is 5.75 Å². The summed E-state index contributed by atoms with van der Waals surface area (Å²) in [4.78, 5) is 22.9. The summed E-state index contributed by atoms with van der Waals surface area (Å²) < 4.78 is 1.76. The third kappa shape index (κ3) is 4.20. The van der Waals surface area contributed by atoms with Crippen molar-refractivity contribution in [3.05, 3.63) is 5.82 Å². The molecule has 0 aromatic carbocycles. The molecule has 1 aromatic heterocycles. The minimum Gasteiger partial charge on any atom is -0.481 e. The monoisotopic (exact) mass is 312 g/mol. The lowest BCUT2D eigenvalue weighted by atomic mass is 10.2. The van der Waals surface area contributed by atoms with E-state index in [1.807, 2.05) is 6.92 Å². The zero-order valence-corrected chi connectivity index (χ0v) is 13.0. The van der Waals surface area contributed by atoms with Gasteiger partial charge in [-0.2, -0.15) is 0 Å². The first-order chi connectivity index (χ1) is 10.0. The van der Waals surface area contributed by atoms with E-state index in [-0.39, 0.29) is 11.7 Å². The number of hydrogen-bond donors (Lipinski definition) is 2. The first kappa shape index (κ1) is 15.8. The molecule has 0 radical (unpaired) electrons. The highest BCUT2D eigenvalue weighted by Gasteiger charge is 2.28. The number of aliphatic carboxylic acids is 1. The molecule has 1 aliphatic rings. The van der Waals surface area contributed by atoms with Crippen molar-refractivity contribution < 1.29 is 14.7 Å². The van der Waals surface area contributed by atoms with E-state index < -0.39 is 12.0 Å². The maximum atomic E-state index is 12.2. The molecule has 1 heterocycles. The fraction of sp³-hybridized carbons (Fsp3) is 0.692. The van der Waals surface area contributed by atoms with Gasteiger partial charge in [0.2, 0.25) is 5.91 Å². The first-order valence-corrected chi connectivity index (χ1v) is 8.10. The predicted octanol–water partition coefficient (Wildman–Crippen LogP) is 1.25. The van der Waals surface area contributed by atoms with Gasteiger partial charge in [0.05, 0.1) is 5.75 Å². The van der Waals surface area contributed by atoms with Gasteiger partial charge in [0.25, 0.3) is 0 Å². The molecule has 1 atom stereocenters.